The van der Waals surface area contributed by atoms with E-state index in [1.54, 1.807) is 17.5 Å². The van der Waals surface area contributed by atoms with E-state index in [0.717, 1.165) is 23.1 Å². The Hall–Kier alpha value is -2.21. The topological polar surface area (TPSA) is 66.5 Å². The van der Waals surface area contributed by atoms with Crippen LogP contribution in [0.25, 0.3) is 0 Å². The number of nitrogens with zero attached hydrogens (tertiary/aromatic N) is 3. The molecular formula is C12H11N5S. The minimum Gasteiger partial charge on any atom is -0.332 e. The Balaban J connectivity index is 1.76. The zero-order valence-electron chi connectivity index (χ0n) is 9.50. The van der Waals surface area contributed by atoms with Crippen LogP contribution in [0.15, 0.2) is 42.2 Å². The van der Waals surface area contributed by atoms with Gasteiger partial charge in [-0.25, -0.2) is 9.97 Å². The number of hydrogen-bond acceptors (Lipinski definition) is 5. The molecule has 0 aliphatic carbocycles. The van der Waals surface area contributed by atoms with Gasteiger partial charge in [-0.1, -0.05) is 12.1 Å². The first-order valence-electron chi connectivity index (χ1n) is 5.50. The number of aromatic amines is 1. The van der Waals surface area contributed by atoms with Crippen LogP contribution in [0.2, 0.25) is 0 Å². The van der Waals surface area contributed by atoms with Gasteiger partial charge in [-0.05, 0) is 17.7 Å². The van der Waals surface area contributed by atoms with Crippen LogP contribution in [0, 0.1) is 0 Å². The van der Waals surface area contributed by atoms with E-state index in [0.29, 0.717) is 0 Å². The lowest BCUT2D eigenvalue weighted by atomic mass is 10.1. The predicted octanol–water partition coefficient (Wildman–Crippen LogP) is 2.60. The molecule has 0 atom stereocenters. The Bertz CT molecular complexity index is 552. The Morgan fingerprint density at radius 1 is 1.28 bits per heavy atom. The van der Waals surface area contributed by atoms with Crippen molar-refractivity contribution in [2.75, 3.05) is 5.32 Å². The van der Waals surface area contributed by atoms with Gasteiger partial charge in [-0.15, -0.1) is 11.3 Å². The molecule has 0 amide bonds. The second-order valence-electron chi connectivity index (χ2n) is 3.77. The van der Waals surface area contributed by atoms with Crippen LogP contribution in [-0.4, -0.2) is 20.2 Å². The summed E-state index contributed by atoms with van der Waals surface area (Å²) < 4.78 is 0. The van der Waals surface area contributed by atoms with Crippen LogP contribution in [-0.2, 0) is 6.42 Å². The lowest BCUT2D eigenvalue weighted by Gasteiger charge is -2.04. The van der Waals surface area contributed by atoms with Gasteiger partial charge in [0.05, 0.1) is 0 Å². The van der Waals surface area contributed by atoms with E-state index in [9.17, 15) is 0 Å². The maximum absolute atomic E-state index is 4.20. The number of H-pyrrole nitrogens is 1. The SMILES string of the molecule is c1cc(Cc2ncn[nH]2)cc(Nc2nccs2)c1. The van der Waals surface area contributed by atoms with Gasteiger partial charge in [-0.2, -0.15) is 5.10 Å². The summed E-state index contributed by atoms with van der Waals surface area (Å²) in [7, 11) is 0. The van der Waals surface area contributed by atoms with Crippen LogP contribution < -0.4 is 5.32 Å². The van der Waals surface area contributed by atoms with Crippen molar-refractivity contribution in [3.05, 3.63) is 53.6 Å². The van der Waals surface area contributed by atoms with Gasteiger partial charge >= 0.3 is 0 Å². The first kappa shape index (κ1) is 10.9. The van der Waals surface area contributed by atoms with Crippen LogP contribution >= 0.6 is 11.3 Å². The lowest BCUT2D eigenvalue weighted by Crippen LogP contribution is -1.94. The number of benzene rings is 1. The molecule has 0 fully saturated rings. The molecule has 1 aromatic carbocycles. The lowest BCUT2D eigenvalue weighted by molar-refractivity contribution is 0.972. The van der Waals surface area contributed by atoms with Gasteiger partial charge in [0.25, 0.3) is 0 Å². The Morgan fingerprint density at radius 3 is 3.06 bits per heavy atom. The maximum Gasteiger partial charge on any atom is 0.187 e. The molecule has 0 saturated heterocycles. The van der Waals surface area contributed by atoms with Crippen LogP contribution in [0.3, 0.4) is 0 Å². The molecule has 0 aliphatic rings. The second-order valence-corrected chi connectivity index (χ2v) is 4.67. The molecule has 2 heterocycles. The predicted molar refractivity (Wildman–Crippen MR) is 71.0 cm³/mol. The molecule has 0 spiro atoms. The fourth-order valence-corrected chi connectivity index (χ4v) is 2.23. The Kier molecular flexibility index (Phi) is 3.01. The number of anilines is 2. The van der Waals surface area contributed by atoms with Crippen LogP contribution in [0.5, 0.6) is 0 Å². The molecule has 0 saturated carbocycles. The molecule has 90 valence electrons. The minimum absolute atomic E-state index is 0.743. The van der Waals surface area contributed by atoms with Crippen molar-refractivity contribution in [3.63, 3.8) is 0 Å². The number of rotatable bonds is 4. The van der Waals surface area contributed by atoms with Crippen molar-refractivity contribution in [2.24, 2.45) is 0 Å². The summed E-state index contributed by atoms with van der Waals surface area (Å²) in [5, 5.41) is 12.8. The van der Waals surface area contributed by atoms with Crippen molar-refractivity contribution in [3.8, 4) is 0 Å². The van der Waals surface area contributed by atoms with Gasteiger partial charge in [0, 0.05) is 23.7 Å². The fraction of sp³-hybridized carbons (Fsp3) is 0.0833. The fourth-order valence-electron chi connectivity index (χ4n) is 1.68. The van der Waals surface area contributed by atoms with Gasteiger partial charge in [0.2, 0.25) is 0 Å². The van der Waals surface area contributed by atoms with Crippen LogP contribution in [0.4, 0.5) is 10.8 Å². The molecule has 0 aliphatic heterocycles. The molecule has 2 N–H and O–H groups in total. The molecule has 3 rings (SSSR count). The average molecular weight is 257 g/mol. The summed E-state index contributed by atoms with van der Waals surface area (Å²) >= 11 is 1.58. The van der Waals surface area contributed by atoms with E-state index in [-0.39, 0.29) is 0 Å². The summed E-state index contributed by atoms with van der Waals surface area (Å²) in [6.07, 6.45) is 4.05. The first-order valence-corrected chi connectivity index (χ1v) is 6.38. The Labute approximate surface area is 108 Å². The third-order valence-corrected chi connectivity index (χ3v) is 3.14. The monoisotopic (exact) mass is 257 g/mol. The summed E-state index contributed by atoms with van der Waals surface area (Å²) in [5.41, 5.74) is 2.20. The van der Waals surface area contributed by atoms with Crippen molar-refractivity contribution in [1.29, 1.82) is 0 Å². The molecular weight excluding hydrogens is 246 g/mol. The molecule has 0 radical (unpaired) electrons. The van der Waals surface area contributed by atoms with E-state index in [1.165, 1.54) is 11.9 Å². The standard InChI is InChI=1S/C12H11N5S/c1-2-9(7-11-14-8-15-17-11)6-10(3-1)16-12-13-4-5-18-12/h1-6,8H,7H2,(H,13,16)(H,14,15,17). The number of thiazole rings is 1. The second kappa shape index (κ2) is 4.97. The molecule has 0 bridgehead atoms. The van der Waals surface area contributed by atoms with Gasteiger partial charge in [0.15, 0.2) is 5.13 Å². The molecule has 3 aromatic rings. The Morgan fingerprint density at radius 2 is 2.28 bits per heavy atom. The minimum atomic E-state index is 0.743. The average Bonchev–Trinajstić information content (AvgIpc) is 3.03. The third kappa shape index (κ3) is 2.54. The largest absolute Gasteiger partial charge is 0.332 e. The van der Waals surface area contributed by atoms with Crippen molar-refractivity contribution >= 4 is 22.2 Å². The number of nitrogens with one attached hydrogen (secondary N) is 2. The van der Waals surface area contributed by atoms with E-state index in [1.807, 2.05) is 17.5 Å². The van der Waals surface area contributed by atoms with Crippen LogP contribution in [0.1, 0.15) is 11.4 Å². The summed E-state index contributed by atoms with van der Waals surface area (Å²) in [6.45, 7) is 0. The van der Waals surface area contributed by atoms with Crippen molar-refractivity contribution < 1.29 is 0 Å². The summed E-state index contributed by atoms with van der Waals surface area (Å²) in [6, 6.07) is 8.19. The molecule has 6 heteroatoms. The smallest absolute Gasteiger partial charge is 0.187 e. The highest BCUT2D eigenvalue weighted by Crippen LogP contribution is 2.20. The molecule has 0 unspecified atom stereocenters. The van der Waals surface area contributed by atoms with E-state index >= 15 is 0 Å². The molecule has 5 nitrogen and oxygen atoms in total. The quantitative estimate of drug-likeness (QED) is 0.754. The summed E-state index contributed by atoms with van der Waals surface area (Å²) in [5.74, 6) is 0.862. The van der Waals surface area contributed by atoms with E-state index in [2.05, 4.69) is 37.6 Å². The van der Waals surface area contributed by atoms with Crippen molar-refractivity contribution in [2.45, 2.75) is 6.42 Å². The first-order chi connectivity index (χ1) is 8.90. The van der Waals surface area contributed by atoms with Crippen molar-refractivity contribution in [1.82, 2.24) is 20.2 Å². The highest BCUT2D eigenvalue weighted by atomic mass is 32.1. The molecule has 2 aromatic heterocycles. The zero-order chi connectivity index (χ0) is 12.2. The highest BCUT2D eigenvalue weighted by molar-refractivity contribution is 7.13. The number of aromatic nitrogens is 4. The summed E-state index contributed by atoms with van der Waals surface area (Å²) in [4.78, 5) is 8.32. The number of hydrogen-bond donors (Lipinski definition) is 2. The van der Waals surface area contributed by atoms with E-state index < -0.39 is 0 Å². The third-order valence-electron chi connectivity index (χ3n) is 2.45. The molecule has 18 heavy (non-hydrogen) atoms. The van der Waals surface area contributed by atoms with Gasteiger partial charge < -0.3 is 5.32 Å². The normalized spacial score (nSPS) is 10.4. The van der Waals surface area contributed by atoms with Gasteiger partial charge in [0.1, 0.15) is 12.2 Å². The zero-order valence-corrected chi connectivity index (χ0v) is 10.3. The highest BCUT2D eigenvalue weighted by Gasteiger charge is 2.01. The van der Waals surface area contributed by atoms with E-state index in [4.69, 9.17) is 0 Å². The van der Waals surface area contributed by atoms with Gasteiger partial charge in [-0.3, -0.25) is 5.10 Å². The maximum atomic E-state index is 4.20.